The van der Waals surface area contributed by atoms with E-state index in [0.29, 0.717) is 25.9 Å². The molecular weight excluding hydrogens is 466 g/mol. The van der Waals surface area contributed by atoms with Gasteiger partial charge in [0, 0.05) is 24.4 Å². The number of anilines is 1. The van der Waals surface area contributed by atoms with E-state index in [9.17, 15) is 19.5 Å². The summed E-state index contributed by atoms with van der Waals surface area (Å²) in [5.41, 5.74) is 3.98. The van der Waals surface area contributed by atoms with Gasteiger partial charge in [-0.2, -0.15) is 0 Å². The summed E-state index contributed by atoms with van der Waals surface area (Å²) < 4.78 is 5.54. The minimum absolute atomic E-state index is 0.0443. The van der Waals surface area contributed by atoms with Crippen molar-refractivity contribution >= 4 is 34.4 Å². The van der Waals surface area contributed by atoms with Crippen molar-refractivity contribution < 1.29 is 24.2 Å². The number of rotatable bonds is 5. The number of carboxylic acids is 1. The first-order chi connectivity index (χ1) is 16.9. The molecule has 180 valence electrons. The lowest BCUT2D eigenvalue weighted by atomic mass is 9.80. The van der Waals surface area contributed by atoms with Crippen molar-refractivity contribution in [1.82, 2.24) is 9.88 Å². The maximum atomic E-state index is 12.8. The molecule has 2 aliphatic rings. The smallest absolute Gasteiger partial charge is 0.413 e. The molecule has 2 aromatic carbocycles. The summed E-state index contributed by atoms with van der Waals surface area (Å²) in [6, 6.07) is 16.2. The first-order valence-electron chi connectivity index (χ1n) is 11.5. The first kappa shape index (κ1) is 23.0. The van der Waals surface area contributed by atoms with Crippen molar-refractivity contribution in [2.75, 3.05) is 25.0 Å². The van der Waals surface area contributed by atoms with Crippen LogP contribution in [-0.2, 0) is 9.53 Å². The van der Waals surface area contributed by atoms with Crippen LogP contribution in [-0.4, -0.2) is 52.7 Å². The molecule has 0 spiro atoms. The summed E-state index contributed by atoms with van der Waals surface area (Å²) in [6.45, 7) is 2.60. The molecule has 1 saturated heterocycles. The number of piperidine rings is 1. The van der Waals surface area contributed by atoms with Gasteiger partial charge in [0.15, 0.2) is 5.13 Å². The SMILES string of the molecule is CC1(C(=O)O)CCN(C(=O)c2csc(NC(=O)OCC3c4ccccc4-c4ccccc43)n2)CC1. The van der Waals surface area contributed by atoms with Crippen LogP contribution in [0.25, 0.3) is 11.1 Å². The van der Waals surface area contributed by atoms with Gasteiger partial charge in [0.2, 0.25) is 0 Å². The molecule has 0 atom stereocenters. The van der Waals surface area contributed by atoms with Gasteiger partial charge >= 0.3 is 12.1 Å². The number of ether oxygens (including phenoxy) is 1. The molecule has 2 amide bonds. The van der Waals surface area contributed by atoms with Crippen LogP contribution < -0.4 is 5.32 Å². The van der Waals surface area contributed by atoms with E-state index >= 15 is 0 Å². The predicted molar refractivity (Wildman–Crippen MR) is 132 cm³/mol. The Bertz CT molecular complexity index is 1250. The summed E-state index contributed by atoms with van der Waals surface area (Å²) in [6.07, 6.45) is 0.155. The van der Waals surface area contributed by atoms with Gasteiger partial charge < -0.3 is 14.7 Å². The number of fused-ring (bicyclic) bond motifs is 3. The maximum Gasteiger partial charge on any atom is 0.413 e. The van der Waals surface area contributed by atoms with Crippen molar-refractivity contribution in [3.05, 3.63) is 70.7 Å². The topological polar surface area (TPSA) is 109 Å². The fraction of sp³-hybridized carbons (Fsp3) is 0.308. The van der Waals surface area contributed by atoms with E-state index in [-0.39, 0.29) is 29.3 Å². The number of aliphatic carboxylic acids is 1. The molecule has 0 radical (unpaired) electrons. The van der Waals surface area contributed by atoms with E-state index in [0.717, 1.165) is 33.6 Å². The molecule has 35 heavy (non-hydrogen) atoms. The number of carbonyl (C=O) groups is 3. The third-order valence-corrected chi connectivity index (χ3v) is 7.70. The number of nitrogens with zero attached hydrogens (tertiary/aromatic N) is 2. The maximum absolute atomic E-state index is 12.8. The molecule has 1 aliphatic heterocycles. The van der Waals surface area contributed by atoms with E-state index in [4.69, 9.17) is 4.74 Å². The fourth-order valence-electron chi connectivity index (χ4n) is 4.73. The highest BCUT2D eigenvalue weighted by molar-refractivity contribution is 7.14. The lowest BCUT2D eigenvalue weighted by Gasteiger charge is -2.36. The minimum atomic E-state index is -0.840. The van der Waals surface area contributed by atoms with E-state index in [1.54, 1.807) is 17.2 Å². The Hall–Kier alpha value is -3.72. The first-order valence-corrected chi connectivity index (χ1v) is 12.3. The van der Waals surface area contributed by atoms with Crippen LogP contribution in [0.5, 0.6) is 0 Å². The van der Waals surface area contributed by atoms with Gasteiger partial charge in [-0.15, -0.1) is 11.3 Å². The minimum Gasteiger partial charge on any atom is -0.481 e. The van der Waals surface area contributed by atoms with Gasteiger partial charge in [-0.1, -0.05) is 48.5 Å². The number of nitrogens with one attached hydrogen (secondary N) is 1. The Morgan fingerprint density at radius 1 is 1.09 bits per heavy atom. The fourth-order valence-corrected chi connectivity index (χ4v) is 5.40. The molecule has 2 heterocycles. The molecule has 1 aliphatic carbocycles. The zero-order valence-corrected chi connectivity index (χ0v) is 20.0. The number of carboxylic acid groups (broad SMARTS) is 1. The Kier molecular flexibility index (Phi) is 6.02. The number of hydrogen-bond acceptors (Lipinski definition) is 6. The van der Waals surface area contributed by atoms with Crippen LogP contribution in [0.2, 0.25) is 0 Å². The lowest BCUT2D eigenvalue weighted by Crippen LogP contribution is -2.45. The van der Waals surface area contributed by atoms with Crippen molar-refractivity contribution in [3.8, 4) is 11.1 Å². The molecule has 0 unspecified atom stereocenters. The highest BCUT2D eigenvalue weighted by Gasteiger charge is 2.38. The average Bonchev–Trinajstić information content (AvgIpc) is 3.45. The molecule has 5 rings (SSSR count). The zero-order chi connectivity index (χ0) is 24.6. The summed E-state index contributed by atoms with van der Waals surface area (Å²) in [5.74, 6) is -1.15. The molecule has 8 nitrogen and oxygen atoms in total. The molecule has 2 N–H and O–H groups in total. The van der Waals surface area contributed by atoms with E-state index in [1.165, 1.54) is 0 Å². The highest BCUT2D eigenvalue weighted by Crippen LogP contribution is 2.44. The van der Waals surface area contributed by atoms with Crippen LogP contribution in [0.1, 0.15) is 47.3 Å². The summed E-state index contributed by atoms with van der Waals surface area (Å²) in [4.78, 5) is 42.6. The Labute approximate surface area is 206 Å². The summed E-state index contributed by atoms with van der Waals surface area (Å²) >= 11 is 1.15. The number of benzene rings is 2. The number of thiazole rings is 1. The van der Waals surface area contributed by atoms with Crippen molar-refractivity contribution in [2.24, 2.45) is 5.41 Å². The van der Waals surface area contributed by atoms with Gasteiger partial charge in [0.25, 0.3) is 5.91 Å². The molecule has 3 aromatic rings. The van der Waals surface area contributed by atoms with Crippen molar-refractivity contribution in [3.63, 3.8) is 0 Å². The Morgan fingerprint density at radius 2 is 1.69 bits per heavy atom. The van der Waals surface area contributed by atoms with E-state index < -0.39 is 17.5 Å². The van der Waals surface area contributed by atoms with Crippen molar-refractivity contribution in [2.45, 2.75) is 25.7 Å². The van der Waals surface area contributed by atoms with E-state index in [1.807, 2.05) is 24.3 Å². The van der Waals surface area contributed by atoms with Crippen molar-refractivity contribution in [1.29, 1.82) is 0 Å². The normalized spacial score (nSPS) is 16.3. The molecule has 1 fully saturated rings. The second-order valence-corrected chi connectivity index (χ2v) is 10.0. The third-order valence-electron chi connectivity index (χ3n) is 6.95. The Morgan fingerprint density at radius 3 is 2.29 bits per heavy atom. The van der Waals surface area contributed by atoms with Crippen LogP contribution in [0, 0.1) is 5.41 Å². The van der Waals surface area contributed by atoms with Crippen LogP contribution in [0.15, 0.2) is 53.9 Å². The standard InChI is InChI=1S/C26H25N3O5S/c1-26(23(31)32)10-12-29(13-11-26)22(30)21-15-35-24(27-21)28-25(33)34-14-20-18-8-4-2-6-16(18)17-7-3-5-9-19(17)20/h2-9,15,20H,10-14H2,1H3,(H,31,32)(H,27,28,33). The zero-order valence-electron chi connectivity index (χ0n) is 19.2. The molecule has 1 aromatic heterocycles. The molecular formula is C26H25N3O5S. The second-order valence-electron chi connectivity index (χ2n) is 9.15. The molecule has 0 bridgehead atoms. The summed E-state index contributed by atoms with van der Waals surface area (Å²) in [7, 11) is 0. The molecule has 0 saturated carbocycles. The molecule has 9 heteroatoms. The largest absolute Gasteiger partial charge is 0.481 e. The van der Waals surface area contributed by atoms with Crippen LogP contribution >= 0.6 is 11.3 Å². The number of amides is 2. The lowest BCUT2D eigenvalue weighted by molar-refractivity contribution is -0.150. The number of hydrogen-bond donors (Lipinski definition) is 2. The average molecular weight is 492 g/mol. The number of likely N-dealkylation sites (tertiary alicyclic amines) is 1. The van der Waals surface area contributed by atoms with Gasteiger partial charge in [0.05, 0.1) is 5.41 Å². The van der Waals surface area contributed by atoms with E-state index in [2.05, 4.69) is 34.6 Å². The predicted octanol–water partition coefficient (Wildman–Crippen LogP) is 4.83. The van der Waals surface area contributed by atoms with Gasteiger partial charge in [-0.05, 0) is 42.0 Å². The van der Waals surface area contributed by atoms with Crippen LogP contribution in [0.3, 0.4) is 0 Å². The highest BCUT2D eigenvalue weighted by atomic mass is 32.1. The van der Waals surface area contributed by atoms with Gasteiger partial charge in [-0.3, -0.25) is 14.9 Å². The number of aromatic nitrogens is 1. The number of carbonyl (C=O) groups excluding carboxylic acids is 2. The van der Waals surface area contributed by atoms with Gasteiger partial charge in [-0.25, -0.2) is 9.78 Å². The summed E-state index contributed by atoms with van der Waals surface area (Å²) in [5, 5.41) is 13.9. The monoisotopic (exact) mass is 491 g/mol. The van der Waals surface area contributed by atoms with Crippen LogP contribution in [0.4, 0.5) is 9.93 Å². The quantitative estimate of drug-likeness (QED) is 0.529. The third kappa shape index (κ3) is 4.39. The Balaban J connectivity index is 1.18. The second kappa shape index (κ2) is 9.14. The van der Waals surface area contributed by atoms with Gasteiger partial charge in [0.1, 0.15) is 12.3 Å².